The van der Waals surface area contributed by atoms with E-state index in [2.05, 4.69) is 4.74 Å². The summed E-state index contributed by atoms with van der Waals surface area (Å²) >= 11 is 0. The van der Waals surface area contributed by atoms with Gasteiger partial charge in [0.2, 0.25) is 0 Å². The number of carbonyl (C=O) groups is 1. The lowest BCUT2D eigenvalue weighted by atomic mass is 9.99. The number of nitriles is 1. The molecule has 6 nitrogen and oxygen atoms in total. The number of benzene rings is 1. The molecule has 0 saturated heterocycles. The van der Waals surface area contributed by atoms with Crippen molar-refractivity contribution < 1.29 is 14.5 Å². The SMILES string of the molecule is CCc1cc(CC(=O)OC)cc([N+](=O)[O-])c1C#N. The number of nitro benzene ring substituents is 1. The number of methoxy groups -OCH3 is 1. The number of nitro groups is 1. The molecule has 1 aromatic carbocycles. The van der Waals surface area contributed by atoms with E-state index in [0.29, 0.717) is 17.5 Å². The molecule has 0 aliphatic rings. The van der Waals surface area contributed by atoms with Gasteiger partial charge in [-0.15, -0.1) is 0 Å². The van der Waals surface area contributed by atoms with Crippen LogP contribution in [0.15, 0.2) is 12.1 Å². The van der Waals surface area contributed by atoms with E-state index in [0.717, 1.165) is 0 Å². The average molecular weight is 248 g/mol. The quantitative estimate of drug-likeness (QED) is 0.459. The van der Waals surface area contributed by atoms with Gasteiger partial charge in [0, 0.05) is 6.07 Å². The highest BCUT2D eigenvalue weighted by Crippen LogP contribution is 2.25. The number of hydrogen-bond donors (Lipinski definition) is 0. The van der Waals surface area contributed by atoms with Gasteiger partial charge in [0.05, 0.1) is 18.5 Å². The van der Waals surface area contributed by atoms with Crippen LogP contribution >= 0.6 is 0 Å². The monoisotopic (exact) mass is 248 g/mol. The fourth-order valence-corrected chi connectivity index (χ4v) is 1.64. The summed E-state index contributed by atoms with van der Waals surface area (Å²) < 4.78 is 4.51. The van der Waals surface area contributed by atoms with Crippen LogP contribution in [0.5, 0.6) is 0 Å². The zero-order chi connectivity index (χ0) is 13.7. The smallest absolute Gasteiger partial charge is 0.309 e. The maximum atomic E-state index is 11.2. The lowest BCUT2D eigenvalue weighted by Crippen LogP contribution is -2.06. The number of esters is 1. The van der Waals surface area contributed by atoms with Crippen molar-refractivity contribution >= 4 is 11.7 Å². The van der Waals surface area contributed by atoms with Gasteiger partial charge in [-0.1, -0.05) is 13.0 Å². The topological polar surface area (TPSA) is 93.2 Å². The van der Waals surface area contributed by atoms with Crippen molar-refractivity contribution in [3.05, 3.63) is 38.9 Å². The molecule has 0 heterocycles. The first kappa shape index (κ1) is 13.6. The van der Waals surface area contributed by atoms with Gasteiger partial charge in [-0.3, -0.25) is 14.9 Å². The highest BCUT2D eigenvalue weighted by Gasteiger charge is 2.19. The third-order valence-corrected chi connectivity index (χ3v) is 2.52. The van der Waals surface area contributed by atoms with Crippen LogP contribution in [0.25, 0.3) is 0 Å². The van der Waals surface area contributed by atoms with E-state index in [1.807, 2.05) is 6.07 Å². The van der Waals surface area contributed by atoms with Gasteiger partial charge in [-0.05, 0) is 17.5 Å². The zero-order valence-electron chi connectivity index (χ0n) is 10.1. The Balaban J connectivity index is 3.33. The summed E-state index contributed by atoms with van der Waals surface area (Å²) in [5, 5.41) is 19.8. The molecule has 18 heavy (non-hydrogen) atoms. The highest BCUT2D eigenvalue weighted by molar-refractivity contribution is 5.73. The van der Waals surface area contributed by atoms with Crippen LogP contribution in [-0.2, 0) is 22.4 Å². The van der Waals surface area contributed by atoms with Gasteiger partial charge in [0.1, 0.15) is 11.6 Å². The van der Waals surface area contributed by atoms with Crippen molar-refractivity contribution in [3.8, 4) is 6.07 Å². The predicted octanol–water partition coefficient (Wildman–Crippen LogP) is 1.74. The van der Waals surface area contributed by atoms with Gasteiger partial charge in [-0.25, -0.2) is 0 Å². The van der Waals surface area contributed by atoms with E-state index >= 15 is 0 Å². The Bertz CT molecular complexity index is 532. The summed E-state index contributed by atoms with van der Waals surface area (Å²) in [4.78, 5) is 21.4. The molecule has 1 rings (SSSR count). The van der Waals surface area contributed by atoms with Crippen LogP contribution in [0, 0.1) is 21.4 Å². The second kappa shape index (κ2) is 5.77. The summed E-state index contributed by atoms with van der Waals surface area (Å²) in [7, 11) is 1.25. The van der Waals surface area contributed by atoms with Gasteiger partial charge in [0.25, 0.3) is 5.69 Å². The molecule has 0 radical (unpaired) electrons. The van der Waals surface area contributed by atoms with Crippen LogP contribution in [-0.4, -0.2) is 18.0 Å². The summed E-state index contributed by atoms with van der Waals surface area (Å²) in [5.74, 6) is -0.476. The number of carbonyl (C=O) groups excluding carboxylic acids is 1. The number of hydrogen-bond acceptors (Lipinski definition) is 5. The Labute approximate surface area is 104 Å². The van der Waals surface area contributed by atoms with Crippen LogP contribution in [0.2, 0.25) is 0 Å². The van der Waals surface area contributed by atoms with Crippen molar-refractivity contribution in [2.45, 2.75) is 19.8 Å². The van der Waals surface area contributed by atoms with Gasteiger partial charge in [-0.2, -0.15) is 5.26 Å². The van der Waals surface area contributed by atoms with Crippen molar-refractivity contribution in [1.82, 2.24) is 0 Å². The van der Waals surface area contributed by atoms with E-state index in [4.69, 9.17) is 5.26 Å². The Morgan fingerprint density at radius 3 is 2.67 bits per heavy atom. The minimum atomic E-state index is -0.613. The summed E-state index contributed by atoms with van der Waals surface area (Å²) in [5.41, 5.74) is 0.821. The fraction of sp³-hybridized carbons (Fsp3) is 0.333. The first-order valence-corrected chi connectivity index (χ1v) is 5.30. The molecule has 0 aliphatic carbocycles. The first-order chi connectivity index (χ1) is 8.53. The minimum Gasteiger partial charge on any atom is -0.469 e. The van der Waals surface area contributed by atoms with Gasteiger partial charge < -0.3 is 4.74 Å². The molecule has 0 atom stereocenters. The van der Waals surface area contributed by atoms with E-state index in [1.165, 1.54) is 13.2 Å². The average Bonchev–Trinajstić information content (AvgIpc) is 2.37. The first-order valence-electron chi connectivity index (χ1n) is 5.30. The summed E-state index contributed by atoms with van der Waals surface area (Å²) in [6.45, 7) is 1.79. The van der Waals surface area contributed by atoms with E-state index in [9.17, 15) is 14.9 Å². The highest BCUT2D eigenvalue weighted by atomic mass is 16.6. The molecule has 94 valence electrons. The molecule has 0 aliphatic heterocycles. The molecule has 0 saturated carbocycles. The molecule has 0 bridgehead atoms. The molecular formula is C12H12N2O4. The second-order valence-electron chi connectivity index (χ2n) is 3.62. The Hall–Kier alpha value is -2.42. The molecule has 0 unspecified atom stereocenters. The van der Waals surface area contributed by atoms with E-state index < -0.39 is 10.9 Å². The largest absolute Gasteiger partial charge is 0.469 e. The van der Waals surface area contributed by atoms with Crippen LogP contribution in [0.4, 0.5) is 5.69 Å². The normalized spacial score (nSPS) is 9.61. The molecule has 1 aromatic rings. The lowest BCUT2D eigenvalue weighted by molar-refractivity contribution is -0.385. The van der Waals surface area contributed by atoms with Crippen LogP contribution in [0.3, 0.4) is 0 Å². The molecular weight excluding hydrogens is 236 g/mol. The molecule has 0 aromatic heterocycles. The summed E-state index contributed by atoms with van der Waals surface area (Å²) in [6, 6.07) is 4.71. The van der Waals surface area contributed by atoms with Crippen LogP contribution < -0.4 is 0 Å². The Morgan fingerprint density at radius 1 is 1.56 bits per heavy atom. The predicted molar refractivity (Wildman–Crippen MR) is 62.9 cm³/mol. The summed E-state index contributed by atoms with van der Waals surface area (Å²) in [6.07, 6.45) is 0.439. The minimum absolute atomic E-state index is 0.0456. The third-order valence-electron chi connectivity index (χ3n) is 2.52. The second-order valence-corrected chi connectivity index (χ2v) is 3.62. The number of ether oxygens (including phenoxy) is 1. The van der Waals surface area contributed by atoms with Crippen molar-refractivity contribution in [1.29, 1.82) is 5.26 Å². The molecule has 0 spiro atoms. The van der Waals surface area contributed by atoms with Crippen molar-refractivity contribution in [3.63, 3.8) is 0 Å². The van der Waals surface area contributed by atoms with E-state index in [-0.39, 0.29) is 17.7 Å². The molecule has 0 amide bonds. The lowest BCUT2D eigenvalue weighted by Gasteiger charge is -2.06. The molecule has 0 N–H and O–H groups in total. The number of nitrogens with zero attached hydrogens (tertiary/aromatic N) is 2. The standard InChI is InChI=1S/C12H12N2O4/c1-3-9-4-8(6-12(15)18-2)5-11(14(16)17)10(9)7-13/h4-5H,3,6H2,1-2H3. The zero-order valence-corrected chi connectivity index (χ0v) is 10.1. The van der Waals surface area contributed by atoms with Crippen molar-refractivity contribution in [2.24, 2.45) is 0 Å². The maximum absolute atomic E-state index is 11.2. The Kier molecular flexibility index (Phi) is 4.38. The fourth-order valence-electron chi connectivity index (χ4n) is 1.64. The van der Waals surface area contributed by atoms with Gasteiger partial charge >= 0.3 is 5.97 Å². The Morgan fingerprint density at radius 2 is 2.22 bits per heavy atom. The van der Waals surface area contributed by atoms with Gasteiger partial charge in [0.15, 0.2) is 0 Å². The third kappa shape index (κ3) is 2.83. The maximum Gasteiger partial charge on any atom is 0.309 e. The molecule has 6 heteroatoms. The van der Waals surface area contributed by atoms with E-state index in [1.54, 1.807) is 13.0 Å². The molecule has 0 fully saturated rings. The van der Waals surface area contributed by atoms with Crippen molar-refractivity contribution in [2.75, 3.05) is 7.11 Å². The number of aryl methyl sites for hydroxylation is 1. The number of rotatable bonds is 4. The van der Waals surface area contributed by atoms with Crippen LogP contribution in [0.1, 0.15) is 23.6 Å².